The Labute approximate surface area is 235 Å². The normalized spacial score (nSPS) is 16.9. The fraction of sp³-hybridized carbons (Fsp3) is 0.259. The van der Waals surface area contributed by atoms with Crippen LogP contribution in [0.25, 0.3) is 6.08 Å². The van der Waals surface area contributed by atoms with Crippen molar-refractivity contribution >= 4 is 52.5 Å². The molecule has 1 amide bonds. The predicted octanol–water partition coefficient (Wildman–Crippen LogP) is 7.44. The third-order valence-electron chi connectivity index (χ3n) is 7.24. The first-order valence-electron chi connectivity index (χ1n) is 11.9. The van der Waals surface area contributed by atoms with Crippen LogP contribution in [0.3, 0.4) is 0 Å². The Kier molecular flexibility index (Phi) is 7.63. The van der Waals surface area contributed by atoms with Crippen LogP contribution in [0.15, 0.2) is 36.4 Å². The van der Waals surface area contributed by atoms with E-state index in [0.29, 0.717) is 43.1 Å². The second kappa shape index (κ2) is 10.7. The van der Waals surface area contributed by atoms with Gasteiger partial charge in [0.05, 0.1) is 5.56 Å². The maximum Gasteiger partial charge on any atom is 0.258 e. The Bertz CT molecular complexity index is 1460. The molecule has 0 bridgehead atoms. The second-order valence-electron chi connectivity index (χ2n) is 9.52. The minimum atomic E-state index is -2.19. The lowest BCUT2D eigenvalue weighted by atomic mass is 9.74. The summed E-state index contributed by atoms with van der Waals surface area (Å²) >= 11 is 18.3. The van der Waals surface area contributed by atoms with Crippen molar-refractivity contribution in [1.29, 1.82) is 0 Å². The Hall–Kier alpha value is -2.72. The summed E-state index contributed by atoms with van der Waals surface area (Å²) in [5.41, 5.74) is 0.593. The van der Waals surface area contributed by atoms with Gasteiger partial charge in [-0.15, -0.1) is 0 Å². The highest BCUT2D eigenvalue weighted by Gasteiger charge is 2.46. The average Bonchev–Trinajstić information content (AvgIpc) is 3.21. The number of fused-ring (bicyclic) bond motifs is 2. The molecule has 39 heavy (non-hydrogen) atoms. The molecule has 3 heterocycles. The lowest BCUT2D eigenvalue weighted by Crippen LogP contribution is -2.46. The maximum atomic E-state index is 14.0. The van der Waals surface area contributed by atoms with Crippen LogP contribution in [-0.2, 0) is 5.41 Å². The van der Waals surface area contributed by atoms with Gasteiger partial charge in [-0.05, 0) is 61.8 Å². The van der Waals surface area contributed by atoms with Crippen molar-refractivity contribution in [3.05, 3.63) is 97.5 Å². The van der Waals surface area contributed by atoms with Crippen molar-refractivity contribution in [3.8, 4) is 0 Å². The molecule has 2 aliphatic rings. The number of nitrogens with zero attached hydrogens (tertiary/aromatic N) is 3. The van der Waals surface area contributed by atoms with Gasteiger partial charge in [0, 0.05) is 34.8 Å². The summed E-state index contributed by atoms with van der Waals surface area (Å²) in [4.78, 5) is 21.0. The van der Waals surface area contributed by atoms with Gasteiger partial charge in [-0.3, -0.25) is 9.69 Å². The molecule has 1 spiro atoms. The van der Waals surface area contributed by atoms with E-state index >= 15 is 0 Å². The van der Waals surface area contributed by atoms with E-state index in [2.05, 4.69) is 4.98 Å². The zero-order valence-electron chi connectivity index (χ0n) is 20.1. The number of amides is 1. The summed E-state index contributed by atoms with van der Waals surface area (Å²) in [7, 11) is 0. The molecule has 3 aromatic rings. The van der Waals surface area contributed by atoms with Crippen molar-refractivity contribution in [2.24, 2.45) is 0 Å². The summed E-state index contributed by atoms with van der Waals surface area (Å²) in [5.74, 6) is -10.2. The first-order chi connectivity index (χ1) is 18.5. The molecule has 2 aliphatic heterocycles. The van der Waals surface area contributed by atoms with Gasteiger partial charge < -0.3 is 4.90 Å². The van der Waals surface area contributed by atoms with Crippen molar-refractivity contribution in [2.45, 2.75) is 18.3 Å². The number of benzene rings is 2. The van der Waals surface area contributed by atoms with E-state index in [9.17, 15) is 26.7 Å². The zero-order valence-corrected chi connectivity index (χ0v) is 22.3. The van der Waals surface area contributed by atoms with Crippen LogP contribution in [-0.4, -0.2) is 42.0 Å². The third kappa shape index (κ3) is 5.13. The molecule has 0 unspecified atom stereocenters. The highest BCUT2D eigenvalue weighted by molar-refractivity contribution is 6.33. The first kappa shape index (κ1) is 27.8. The molecule has 12 heteroatoms. The average molecular weight is 603 g/mol. The number of hydrogen-bond donors (Lipinski definition) is 0. The van der Waals surface area contributed by atoms with Gasteiger partial charge in [-0.25, -0.2) is 26.9 Å². The minimum Gasteiger partial charge on any atom is -0.307 e. The topological polar surface area (TPSA) is 36.4 Å². The molecule has 0 atom stereocenters. The fourth-order valence-electron chi connectivity index (χ4n) is 5.25. The molecule has 5 rings (SSSR count). The van der Waals surface area contributed by atoms with Crippen LogP contribution >= 0.6 is 34.8 Å². The molecule has 0 saturated carbocycles. The Balaban J connectivity index is 1.33. The van der Waals surface area contributed by atoms with Crippen LogP contribution < -0.4 is 4.90 Å². The van der Waals surface area contributed by atoms with E-state index in [1.54, 1.807) is 17.0 Å². The first-order valence-corrected chi connectivity index (χ1v) is 13.0. The Morgan fingerprint density at radius 1 is 0.897 bits per heavy atom. The highest BCUT2D eigenvalue weighted by Crippen LogP contribution is 2.48. The number of pyridine rings is 1. The summed E-state index contributed by atoms with van der Waals surface area (Å²) in [6, 6.07) is 8.28. The SMILES string of the molecule is O=C(c1cc(Cl)nc(Cl)c1)N1CC2(CCN(C/C=C/c3c(F)c(F)c(F)c(F)c3F)CC2)c2cc(Cl)ccc21. The highest BCUT2D eigenvalue weighted by atomic mass is 35.5. The van der Waals surface area contributed by atoms with Gasteiger partial charge in [-0.2, -0.15) is 0 Å². The van der Waals surface area contributed by atoms with Gasteiger partial charge in [0.15, 0.2) is 23.3 Å². The Morgan fingerprint density at radius 2 is 1.49 bits per heavy atom. The molecule has 0 aliphatic carbocycles. The summed E-state index contributed by atoms with van der Waals surface area (Å²) in [6.07, 6.45) is 3.54. The number of carbonyl (C=O) groups is 1. The van der Waals surface area contributed by atoms with Crippen molar-refractivity contribution < 1.29 is 26.7 Å². The molecule has 1 saturated heterocycles. The predicted molar refractivity (Wildman–Crippen MR) is 140 cm³/mol. The lowest BCUT2D eigenvalue weighted by molar-refractivity contribution is 0.0977. The minimum absolute atomic E-state index is 0.100. The molecule has 0 radical (unpaired) electrons. The third-order valence-corrected chi connectivity index (χ3v) is 7.86. The van der Waals surface area contributed by atoms with Gasteiger partial charge in [0.25, 0.3) is 5.91 Å². The number of piperidine rings is 1. The monoisotopic (exact) mass is 601 g/mol. The maximum absolute atomic E-state index is 14.0. The van der Waals surface area contributed by atoms with Crippen LogP contribution in [0.4, 0.5) is 27.6 Å². The zero-order chi connectivity index (χ0) is 28.1. The van der Waals surface area contributed by atoms with Gasteiger partial charge in [-0.1, -0.05) is 47.0 Å². The van der Waals surface area contributed by atoms with E-state index in [4.69, 9.17) is 34.8 Å². The van der Waals surface area contributed by atoms with Gasteiger partial charge in [0.1, 0.15) is 10.3 Å². The van der Waals surface area contributed by atoms with Gasteiger partial charge >= 0.3 is 0 Å². The molecular formula is C27H19Cl3F5N3O. The number of rotatable bonds is 4. The summed E-state index contributed by atoms with van der Waals surface area (Å²) < 4.78 is 68.2. The lowest BCUT2D eigenvalue weighted by Gasteiger charge is -2.39. The van der Waals surface area contributed by atoms with Crippen molar-refractivity contribution in [2.75, 3.05) is 31.1 Å². The van der Waals surface area contributed by atoms with E-state index < -0.39 is 40.1 Å². The van der Waals surface area contributed by atoms with Gasteiger partial charge in [0.2, 0.25) is 5.82 Å². The standard InChI is InChI=1S/C27H19Cl3F5N3O/c28-15-3-4-18-17(12-15)27(13-38(18)26(39)14-10-19(29)36-20(30)11-14)5-8-37(9-6-27)7-1-2-16-21(31)23(33)25(35)24(34)22(16)32/h1-4,10-12H,5-9,13H2/b2-1+. The number of likely N-dealkylation sites (tertiary alicyclic amines) is 1. The number of anilines is 1. The van der Waals surface area contributed by atoms with Crippen molar-refractivity contribution in [1.82, 2.24) is 9.88 Å². The Morgan fingerprint density at radius 3 is 2.10 bits per heavy atom. The molecule has 1 fully saturated rings. The largest absolute Gasteiger partial charge is 0.307 e. The summed E-state index contributed by atoms with van der Waals surface area (Å²) in [5, 5.41) is 0.734. The van der Waals surface area contributed by atoms with Crippen LogP contribution in [0.1, 0.15) is 34.3 Å². The van der Waals surface area contributed by atoms with E-state index in [1.807, 2.05) is 11.0 Å². The summed E-state index contributed by atoms with van der Waals surface area (Å²) in [6.45, 7) is 1.74. The number of hydrogen-bond acceptors (Lipinski definition) is 3. The quantitative estimate of drug-likeness (QED) is 0.135. The number of aromatic nitrogens is 1. The molecule has 4 nitrogen and oxygen atoms in total. The van der Waals surface area contributed by atoms with Crippen molar-refractivity contribution in [3.63, 3.8) is 0 Å². The molecule has 0 N–H and O–H groups in total. The van der Waals surface area contributed by atoms with Crippen LogP contribution in [0, 0.1) is 29.1 Å². The molecule has 2 aromatic carbocycles. The van der Waals surface area contributed by atoms with E-state index in [1.165, 1.54) is 18.2 Å². The number of carbonyl (C=O) groups excluding carboxylic acids is 1. The second-order valence-corrected chi connectivity index (χ2v) is 10.7. The van der Waals surface area contributed by atoms with Crippen LogP contribution in [0.2, 0.25) is 15.3 Å². The number of halogens is 8. The fourth-order valence-corrected chi connectivity index (χ4v) is 5.88. The van der Waals surface area contributed by atoms with E-state index in [0.717, 1.165) is 17.3 Å². The molecule has 204 valence electrons. The smallest absolute Gasteiger partial charge is 0.258 e. The van der Waals surface area contributed by atoms with Crippen LogP contribution in [0.5, 0.6) is 0 Å². The molecular weight excluding hydrogens is 584 g/mol. The molecule has 1 aromatic heterocycles. The van der Waals surface area contributed by atoms with E-state index in [-0.39, 0.29) is 22.8 Å².